The van der Waals surface area contributed by atoms with Gasteiger partial charge in [-0.25, -0.2) is 14.6 Å². The molecule has 0 bridgehead atoms. The summed E-state index contributed by atoms with van der Waals surface area (Å²) in [4.78, 5) is 8.25. The summed E-state index contributed by atoms with van der Waals surface area (Å²) in [6.45, 7) is 0.495. The van der Waals surface area contributed by atoms with Gasteiger partial charge in [0.25, 0.3) is 0 Å². The molecule has 0 radical (unpaired) electrons. The molecular weight excluding hydrogens is 242 g/mol. The largest absolute Gasteiger partial charge is 0.318 e. The summed E-state index contributed by atoms with van der Waals surface area (Å²) in [5.41, 5.74) is 7.10. The number of nitrogens with zero attached hydrogens (tertiary/aromatic N) is 5. The Morgan fingerprint density at radius 1 is 1.26 bits per heavy atom. The smallest absolute Gasteiger partial charge is 0.171 e. The van der Waals surface area contributed by atoms with E-state index in [1.165, 1.54) is 6.33 Å². The van der Waals surface area contributed by atoms with E-state index in [0.29, 0.717) is 18.2 Å². The van der Waals surface area contributed by atoms with Gasteiger partial charge in [-0.3, -0.25) is 5.10 Å². The Hall–Kier alpha value is -2.54. The maximum absolute atomic E-state index is 6.12. The average Bonchev–Trinajstić information content (AvgIpc) is 3.11. The molecule has 2 heterocycles. The van der Waals surface area contributed by atoms with Crippen molar-refractivity contribution in [1.29, 1.82) is 0 Å². The molecule has 1 atom stereocenters. The highest BCUT2D eigenvalue weighted by molar-refractivity contribution is 5.23. The number of hydrogen-bond acceptors (Lipinski definition) is 5. The third-order valence-electron chi connectivity index (χ3n) is 2.76. The van der Waals surface area contributed by atoms with E-state index in [0.717, 1.165) is 5.56 Å². The second-order valence-electron chi connectivity index (χ2n) is 4.12. The lowest BCUT2D eigenvalue weighted by molar-refractivity contribution is 0.655. The number of hydrogen-bond donors (Lipinski definition) is 2. The van der Waals surface area contributed by atoms with E-state index in [4.69, 9.17) is 5.73 Å². The number of nitrogens with two attached hydrogens (primary N) is 1. The van der Waals surface area contributed by atoms with E-state index >= 15 is 0 Å². The van der Waals surface area contributed by atoms with Crippen LogP contribution in [0.5, 0.6) is 0 Å². The molecule has 0 saturated heterocycles. The Kier molecular flexibility index (Phi) is 3.03. The van der Waals surface area contributed by atoms with Gasteiger partial charge in [-0.1, -0.05) is 30.3 Å². The van der Waals surface area contributed by atoms with Gasteiger partial charge in [-0.05, 0) is 5.56 Å². The lowest BCUT2D eigenvalue weighted by Crippen LogP contribution is -2.13. The fourth-order valence-corrected chi connectivity index (χ4v) is 1.80. The summed E-state index contributed by atoms with van der Waals surface area (Å²) in [5.74, 6) is 1.27. The van der Waals surface area contributed by atoms with Crippen LogP contribution >= 0.6 is 0 Å². The Bertz CT molecular complexity index is 629. The Labute approximate surface area is 109 Å². The van der Waals surface area contributed by atoms with Crippen LogP contribution in [0.4, 0.5) is 0 Å². The Morgan fingerprint density at radius 2 is 2.11 bits per heavy atom. The van der Waals surface area contributed by atoms with E-state index < -0.39 is 0 Å². The quantitative estimate of drug-likeness (QED) is 0.707. The molecule has 0 aliphatic heterocycles. The average molecular weight is 255 g/mol. The number of H-pyrrole nitrogens is 1. The minimum atomic E-state index is -0.332. The summed E-state index contributed by atoms with van der Waals surface area (Å²) in [7, 11) is 0. The van der Waals surface area contributed by atoms with E-state index in [2.05, 4.69) is 25.3 Å². The molecule has 0 fully saturated rings. The molecule has 0 saturated carbocycles. The first-order valence-electron chi connectivity index (χ1n) is 5.87. The van der Waals surface area contributed by atoms with Crippen molar-refractivity contribution < 1.29 is 0 Å². The van der Waals surface area contributed by atoms with Gasteiger partial charge in [0, 0.05) is 0 Å². The Morgan fingerprint density at radius 3 is 2.84 bits per heavy atom. The second kappa shape index (κ2) is 4.99. The minimum absolute atomic E-state index is 0.332. The second-order valence-corrected chi connectivity index (χ2v) is 4.12. The lowest BCUT2D eigenvalue weighted by Gasteiger charge is -2.06. The maximum Gasteiger partial charge on any atom is 0.171 e. The maximum atomic E-state index is 6.12. The van der Waals surface area contributed by atoms with E-state index in [9.17, 15) is 0 Å². The molecule has 0 aliphatic carbocycles. The van der Waals surface area contributed by atoms with Crippen molar-refractivity contribution in [2.45, 2.75) is 12.6 Å². The van der Waals surface area contributed by atoms with Gasteiger partial charge in [-0.15, -0.1) is 0 Å². The predicted octanol–water partition coefficient (Wildman–Crippen LogP) is 0.493. The molecule has 3 rings (SSSR count). The van der Waals surface area contributed by atoms with Crippen molar-refractivity contribution >= 4 is 0 Å². The zero-order valence-electron chi connectivity index (χ0n) is 10.1. The molecule has 3 aromatic rings. The minimum Gasteiger partial charge on any atom is -0.318 e. The zero-order chi connectivity index (χ0) is 13.1. The van der Waals surface area contributed by atoms with Crippen LogP contribution < -0.4 is 5.73 Å². The fourth-order valence-electron chi connectivity index (χ4n) is 1.80. The summed E-state index contributed by atoms with van der Waals surface area (Å²) >= 11 is 0. The molecule has 0 aliphatic rings. The number of aromatic amines is 1. The third-order valence-corrected chi connectivity index (χ3v) is 2.76. The first-order chi connectivity index (χ1) is 9.33. The van der Waals surface area contributed by atoms with Gasteiger partial charge in [0.1, 0.15) is 25.0 Å². The highest BCUT2D eigenvalue weighted by Crippen LogP contribution is 2.15. The molecule has 3 N–H and O–H groups in total. The van der Waals surface area contributed by atoms with Crippen molar-refractivity contribution in [2.75, 3.05) is 0 Å². The third kappa shape index (κ3) is 2.50. The van der Waals surface area contributed by atoms with Crippen LogP contribution in [-0.2, 0) is 6.54 Å². The first kappa shape index (κ1) is 11.5. The normalized spacial score (nSPS) is 12.5. The van der Waals surface area contributed by atoms with Crippen LogP contribution in [0.15, 0.2) is 43.0 Å². The van der Waals surface area contributed by atoms with Crippen LogP contribution in [0.1, 0.15) is 23.3 Å². The van der Waals surface area contributed by atoms with Gasteiger partial charge in [0.15, 0.2) is 5.82 Å². The summed E-state index contributed by atoms with van der Waals surface area (Å²) in [5, 5.41) is 11.0. The van der Waals surface area contributed by atoms with Gasteiger partial charge < -0.3 is 5.73 Å². The molecule has 7 nitrogen and oxygen atoms in total. The van der Waals surface area contributed by atoms with Crippen LogP contribution in [0.2, 0.25) is 0 Å². The number of benzene rings is 1. The number of rotatable bonds is 4. The number of nitrogens with one attached hydrogen (secondary N) is 1. The standard InChI is InChI=1S/C12H13N7/c13-11(9-4-2-1-3-5-9)12-16-10(17-18-12)6-19-8-14-7-15-19/h1-5,7-8,11H,6,13H2,(H,16,17,18)/t11-/m1/s1. The van der Waals surface area contributed by atoms with Gasteiger partial charge >= 0.3 is 0 Å². The summed E-state index contributed by atoms with van der Waals surface area (Å²) < 4.78 is 1.67. The first-order valence-corrected chi connectivity index (χ1v) is 5.87. The Balaban J connectivity index is 1.78. The highest BCUT2D eigenvalue weighted by atomic mass is 15.3. The molecule has 2 aromatic heterocycles. The summed E-state index contributed by atoms with van der Waals surface area (Å²) in [6, 6.07) is 9.42. The molecule has 0 amide bonds. The highest BCUT2D eigenvalue weighted by Gasteiger charge is 2.14. The van der Waals surface area contributed by atoms with Crippen molar-refractivity contribution in [3.63, 3.8) is 0 Å². The van der Waals surface area contributed by atoms with Crippen molar-refractivity contribution in [3.8, 4) is 0 Å². The van der Waals surface area contributed by atoms with E-state index in [1.807, 2.05) is 30.3 Å². The van der Waals surface area contributed by atoms with Crippen molar-refractivity contribution in [2.24, 2.45) is 5.73 Å². The molecule has 96 valence electrons. The van der Waals surface area contributed by atoms with Gasteiger partial charge in [0.2, 0.25) is 0 Å². The van der Waals surface area contributed by atoms with Crippen molar-refractivity contribution in [3.05, 3.63) is 60.2 Å². The molecule has 1 aromatic carbocycles. The molecular formula is C12H13N7. The fraction of sp³-hybridized carbons (Fsp3) is 0.167. The monoisotopic (exact) mass is 255 g/mol. The molecule has 19 heavy (non-hydrogen) atoms. The topological polar surface area (TPSA) is 98.3 Å². The van der Waals surface area contributed by atoms with Crippen LogP contribution in [0, 0.1) is 0 Å². The zero-order valence-corrected chi connectivity index (χ0v) is 10.1. The predicted molar refractivity (Wildman–Crippen MR) is 68.0 cm³/mol. The molecule has 0 unspecified atom stereocenters. The SMILES string of the molecule is N[C@H](c1ccccc1)c1n[nH]c(Cn2cncn2)n1. The van der Waals surface area contributed by atoms with E-state index in [1.54, 1.807) is 11.0 Å². The van der Waals surface area contributed by atoms with Crippen LogP contribution in [-0.4, -0.2) is 29.9 Å². The van der Waals surface area contributed by atoms with Crippen LogP contribution in [0.3, 0.4) is 0 Å². The van der Waals surface area contributed by atoms with Crippen molar-refractivity contribution in [1.82, 2.24) is 29.9 Å². The van der Waals surface area contributed by atoms with Gasteiger partial charge in [0.05, 0.1) is 6.04 Å². The van der Waals surface area contributed by atoms with E-state index in [-0.39, 0.29) is 6.04 Å². The lowest BCUT2D eigenvalue weighted by atomic mass is 10.1. The van der Waals surface area contributed by atoms with Gasteiger partial charge in [-0.2, -0.15) is 10.2 Å². The number of aromatic nitrogens is 6. The van der Waals surface area contributed by atoms with Crippen LogP contribution in [0.25, 0.3) is 0 Å². The molecule has 0 spiro atoms. The molecule has 7 heteroatoms. The summed E-state index contributed by atoms with van der Waals surface area (Å²) in [6.07, 6.45) is 3.10.